The molecule has 0 unspecified atom stereocenters. The molecule has 1 aromatic rings. The second kappa shape index (κ2) is 7.49. The van der Waals surface area contributed by atoms with Crippen LogP contribution in [0.4, 0.5) is 0 Å². The Balaban J connectivity index is 1.65. The molecule has 3 nitrogen and oxygen atoms in total. The van der Waals surface area contributed by atoms with E-state index in [-0.39, 0.29) is 0 Å². The Labute approximate surface area is 111 Å². The highest BCUT2D eigenvalue weighted by molar-refractivity contribution is 5.03. The smallest absolute Gasteiger partial charge is 0.0416 e. The Morgan fingerprint density at radius 2 is 2.17 bits per heavy atom. The Morgan fingerprint density at radius 1 is 1.33 bits per heavy atom. The van der Waals surface area contributed by atoms with Crippen LogP contribution in [0.3, 0.4) is 0 Å². The summed E-state index contributed by atoms with van der Waals surface area (Å²) in [6, 6.07) is 6.92. The summed E-state index contributed by atoms with van der Waals surface area (Å²) >= 11 is 0. The van der Waals surface area contributed by atoms with Crippen LogP contribution in [-0.4, -0.2) is 42.1 Å². The third kappa shape index (κ3) is 4.39. The van der Waals surface area contributed by atoms with Crippen LogP contribution in [0.25, 0.3) is 0 Å². The van der Waals surface area contributed by atoms with Crippen LogP contribution < -0.4 is 5.32 Å². The van der Waals surface area contributed by atoms with E-state index in [4.69, 9.17) is 0 Å². The van der Waals surface area contributed by atoms with E-state index in [0.29, 0.717) is 0 Å². The van der Waals surface area contributed by atoms with Crippen molar-refractivity contribution < 1.29 is 0 Å². The minimum Gasteiger partial charge on any atom is -0.314 e. The number of nitrogens with zero attached hydrogens (tertiary/aromatic N) is 2. The third-order valence-electron chi connectivity index (χ3n) is 3.68. The van der Waals surface area contributed by atoms with E-state index in [9.17, 15) is 0 Å². The van der Waals surface area contributed by atoms with Gasteiger partial charge in [0.15, 0.2) is 0 Å². The van der Waals surface area contributed by atoms with Crippen molar-refractivity contribution in [3.63, 3.8) is 0 Å². The van der Waals surface area contributed by atoms with E-state index in [0.717, 1.165) is 19.0 Å². The summed E-state index contributed by atoms with van der Waals surface area (Å²) in [6.45, 7) is 7.01. The standard InChI is InChI=1S/C15H25N3/c1-2-9-16-15-7-12-18(13-8-15)11-6-14-5-3-4-10-17-14/h3-5,10,15-16H,2,6-9,11-13H2,1H3. The zero-order valence-corrected chi connectivity index (χ0v) is 11.4. The van der Waals surface area contributed by atoms with E-state index in [1.807, 2.05) is 12.3 Å². The maximum atomic E-state index is 4.38. The summed E-state index contributed by atoms with van der Waals surface area (Å²) in [5.41, 5.74) is 1.21. The van der Waals surface area contributed by atoms with Gasteiger partial charge in [0, 0.05) is 30.9 Å². The highest BCUT2D eigenvalue weighted by atomic mass is 15.1. The van der Waals surface area contributed by atoms with Crippen LogP contribution in [0.15, 0.2) is 24.4 Å². The molecule has 0 amide bonds. The number of aromatic nitrogens is 1. The lowest BCUT2D eigenvalue weighted by Gasteiger charge is -2.32. The van der Waals surface area contributed by atoms with Gasteiger partial charge in [0.05, 0.1) is 0 Å². The van der Waals surface area contributed by atoms with Crippen molar-refractivity contribution >= 4 is 0 Å². The Morgan fingerprint density at radius 3 is 2.83 bits per heavy atom. The van der Waals surface area contributed by atoms with Gasteiger partial charge in [-0.05, 0) is 51.0 Å². The van der Waals surface area contributed by atoms with Crippen LogP contribution in [0.1, 0.15) is 31.9 Å². The van der Waals surface area contributed by atoms with E-state index < -0.39 is 0 Å². The molecule has 1 aliphatic rings. The summed E-state index contributed by atoms with van der Waals surface area (Å²) in [5.74, 6) is 0. The van der Waals surface area contributed by atoms with Gasteiger partial charge in [-0.3, -0.25) is 4.98 Å². The largest absolute Gasteiger partial charge is 0.314 e. The molecular formula is C15H25N3. The molecule has 1 saturated heterocycles. The monoisotopic (exact) mass is 247 g/mol. The molecule has 0 aromatic carbocycles. The zero-order valence-electron chi connectivity index (χ0n) is 11.4. The molecule has 1 aliphatic heterocycles. The average Bonchev–Trinajstić information content (AvgIpc) is 2.45. The molecule has 18 heavy (non-hydrogen) atoms. The molecule has 0 aliphatic carbocycles. The van der Waals surface area contributed by atoms with Crippen LogP contribution in [0, 0.1) is 0 Å². The van der Waals surface area contributed by atoms with Gasteiger partial charge in [-0.1, -0.05) is 13.0 Å². The fourth-order valence-electron chi connectivity index (χ4n) is 2.53. The number of hydrogen-bond acceptors (Lipinski definition) is 3. The van der Waals surface area contributed by atoms with E-state index in [1.165, 1.54) is 44.6 Å². The highest BCUT2D eigenvalue weighted by Crippen LogP contribution is 2.10. The lowest BCUT2D eigenvalue weighted by Crippen LogP contribution is -2.43. The summed E-state index contributed by atoms with van der Waals surface area (Å²) in [4.78, 5) is 6.95. The van der Waals surface area contributed by atoms with Gasteiger partial charge in [0.2, 0.25) is 0 Å². The first kappa shape index (κ1) is 13.5. The zero-order chi connectivity index (χ0) is 12.6. The molecule has 2 heterocycles. The van der Waals surface area contributed by atoms with Gasteiger partial charge in [0.1, 0.15) is 0 Å². The fourth-order valence-corrected chi connectivity index (χ4v) is 2.53. The summed E-state index contributed by atoms with van der Waals surface area (Å²) in [6.07, 6.45) is 6.79. The molecule has 1 N–H and O–H groups in total. The molecule has 0 saturated carbocycles. The summed E-state index contributed by atoms with van der Waals surface area (Å²) in [5, 5.41) is 3.63. The first-order valence-corrected chi connectivity index (χ1v) is 7.24. The first-order chi connectivity index (χ1) is 8.88. The second-order valence-corrected chi connectivity index (χ2v) is 5.14. The number of pyridine rings is 1. The van der Waals surface area contributed by atoms with Crippen molar-refractivity contribution in [2.24, 2.45) is 0 Å². The minimum absolute atomic E-state index is 0.746. The lowest BCUT2D eigenvalue weighted by atomic mass is 10.0. The molecule has 1 aromatic heterocycles. The predicted molar refractivity (Wildman–Crippen MR) is 75.7 cm³/mol. The SMILES string of the molecule is CCCNC1CCN(CCc2ccccn2)CC1. The molecule has 0 atom stereocenters. The molecule has 1 fully saturated rings. The number of nitrogens with one attached hydrogen (secondary N) is 1. The highest BCUT2D eigenvalue weighted by Gasteiger charge is 2.17. The van der Waals surface area contributed by atoms with Crippen molar-refractivity contribution in [2.75, 3.05) is 26.2 Å². The predicted octanol–water partition coefficient (Wildman–Crippen LogP) is 2.09. The third-order valence-corrected chi connectivity index (χ3v) is 3.68. The van der Waals surface area contributed by atoms with Crippen LogP contribution in [-0.2, 0) is 6.42 Å². The number of rotatable bonds is 6. The van der Waals surface area contributed by atoms with Crippen LogP contribution >= 0.6 is 0 Å². The second-order valence-electron chi connectivity index (χ2n) is 5.14. The molecular weight excluding hydrogens is 222 g/mol. The van der Waals surface area contributed by atoms with Gasteiger partial charge in [-0.25, -0.2) is 0 Å². The Kier molecular flexibility index (Phi) is 5.62. The molecule has 0 spiro atoms. The normalized spacial score (nSPS) is 18.1. The molecule has 2 rings (SSSR count). The maximum absolute atomic E-state index is 4.38. The molecule has 0 radical (unpaired) electrons. The van der Waals surface area contributed by atoms with Crippen molar-refractivity contribution in [3.05, 3.63) is 30.1 Å². The number of likely N-dealkylation sites (tertiary alicyclic amines) is 1. The van der Waals surface area contributed by atoms with E-state index >= 15 is 0 Å². The molecule has 100 valence electrons. The quantitative estimate of drug-likeness (QED) is 0.834. The maximum Gasteiger partial charge on any atom is 0.0416 e. The molecule has 3 heteroatoms. The van der Waals surface area contributed by atoms with Gasteiger partial charge in [-0.15, -0.1) is 0 Å². The average molecular weight is 247 g/mol. The topological polar surface area (TPSA) is 28.2 Å². The van der Waals surface area contributed by atoms with Gasteiger partial charge in [0.25, 0.3) is 0 Å². The number of piperidine rings is 1. The van der Waals surface area contributed by atoms with E-state index in [2.05, 4.69) is 34.3 Å². The van der Waals surface area contributed by atoms with Crippen molar-refractivity contribution in [3.8, 4) is 0 Å². The number of hydrogen-bond donors (Lipinski definition) is 1. The molecule has 0 bridgehead atoms. The van der Waals surface area contributed by atoms with Crippen molar-refractivity contribution in [1.82, 2.24) is 15.2 Å². The minimum atomic E-state index is 0.746. The van der Waals surface area contributed by atoms with Gasteiger partial charge >= 0.3 is 0 Å². The first-order valence-electron chi connectivity index (χ1n) is 7.24. The van der Waals surface area contributed by atoms with Gasteiger partial charge in [-0.2, -0.15) is 0 Å². The van der Waals surface area contributed by atoms with Crippen LogP contribution in [0.2, 0.25) is 0 Å². The summed E-state index contributed by atoms with van der Waals surface area (Å²) in [7, 11) is 0. The Bertz CT molecular complexity index is 318. The van der Waals surface area contributed by atoms with Crippen molar-refractivity contribution in [1.29, 1.82) is 0 Å². The van der Waals surface area contributed by atoms with Crippen LogP contribution in [0.5, 0.6) is 0 Å². The van der Waals surface area contributed by atoms with Crippen molar-refractivity contribution in [2.45, 2.75) is 38.6 Å². The van der Waals surface area contributed by atoms with Gasteiger partial charge < -0.3 is 10.2 Å². The summed E-state index contributed by atoms with van der Waals surface area (Å²) < 4.78 is 0. The Hall–Kier alpha value is -0.930. The van der Waals surface area contributed by atoms with E-state index in [1.54, 1.807) is 0 Å². The fraction of sp³-hybridized carbons (Fsp3) is 0.667. The lowest BCUT2D eigenvalue weighted by molar-refractivity contribution is 0.199.